The second kappa shape index (κ2) is 5.21. The number of hydrogen-bond acceptors (Lipinski definition) is 3. The molecule has 1 heterocycles. The van der Waals surface area contributed by atoms with Crippen LogP contribution in [0.2, 0.25) is 0 Å². The molecule has 0 spiro atoms. The number of rotatable bonds is 2. The van der Waals surface area contributed by atoms with Crippen molar-refractivity contribution in [3.05, 3.63) is 64.2 Å². The van der Waals surface area contributed by atoms with Gasteiger partial charge in [-0.1, -0.05) is 30.4 Å². The quantitative estimate of drug-likeness (QED) is 0.837. The summed E-state index contributed by atoms with van der Waals surface area (Å²) in [5.74, 6) is 0.501. The smallest absolute Gasteiger partial charge is 0.258 e. The fourth-order valence-corrected chi connectivity index (χ4v) is 3.03. The second-order valence-electron chi connectivity index (χ2n) is 6.16. The van der Waals surface area contributed by atoms with Crippen molar-refractivity contribution < 1.29 is 5.11 Å². The molecule has 3 rings (SSSR count). The maximum atomic E-state index is 12.3. The summed E-state index contributed by atoms with van der Waals surface area (Å²) in [5, 5.41) is 11.7. The highest BCUT2D eigenvalue weighted by Gasteiger charge is 2.39. The summed E-state index contributed by atoms with van der Waals surface area (Å²) in [7, 11) is 0. The Balaban J connectivity index is 2.16. The molecule has 0 amide bonds. The number of para-hydroxylation sites is 1. The molecule has 4 heteroatoms. The SMILES string of the molecule is C=C(C)C1CC=C(C)C(O)(c2nc3ccccc3c(=O)[nH]2)C1. The Bertz CT molecular complexity index is 834. The van der Waals surface area contributed by atoms with Gasteiger partial charge in [0.1, 0.15) is 11.4 Å². The number of nitrogens with zero attached hydrogens (tertiary/aromatic N) is 1. The van der Waals surface area contributed by atoms with Crippen molar-refractivity contribution in [3.63, 3.8) is 0 Å². The molecular formula is C18H20N2O2. The van der Waals surface area contributed by atoms with Crippen molar-refractivity contribution in [2.45, 2.75) is 32.3 Å². The number of benzene rings is 1. The second-order valence-corrected chi connectivity index (χ2v) is 6.16. The Morgan fingerprint density at radius 3 is 2.91 bits per heavy atom. The van der Waals surface area contributed by atoms with E-state index in [2.05, 4.69) is 16.5 Å². The first-order chi connectivity index (χ1) is 10.4. The highest BCUT2D eigenvalue weighted by Crippen LogP contribution is 2.41. The predicted octanol–water partition coefficient (Wildman–Crippen LogP) is 3.04. The maximum Gasteiger partial charge on any atom is 0.258 e. The first kappa shape index (κ1) is 14.7. The molecular weight excluding hydrogens is 276 g/mol. The zero-order valence-corrected chi connectivity index (χ0v) is 12.9. The molecule has 0 saturated heterocycles. The Morgan fingerprint density at radius 1 is 1.45 bits per heavy atom. The third-order valence-electron chi connectivity index (χ3n) is 4.60. The lowest BCUT2D eigenvalue weighted by Gasteiger charge is -2.36. The predicted molar refractivity (Wildman–Crippen MR) is 87.6 cm³/mol. The number of nitrogens with one attached hydrogen (secondary N) is 1. The van der Waals surface area contributed by atoms with Crippen LogP contribution in [0.25, 0.3) is 10.9 Å². The van der Waals surface area contributed by atoms with Gasteiger partial charge in [-0.2, -0.15) is 0 Å². The van der Waals surface area contributed by atoms with E-state index in [1.807, 2.05) is 26.0 Å². The number of aromatic nitrogens is 2. The fourth-order valence-electron chi connectivity index (χ4n) is 3.03. The van der Waals surface area contributed by atoms with Crippen LogP contribution in [0.4, 0.5) is 0 Å². The first-order valence-corrected chi connectivity index (χ1v) is 7.46. The van der Waals surface area contributed by atoms with Gasteiger partial charge in [-0.15, -0.1) is 0 Å². The minimum absolute atomic E-state index is 0.186. The van der Waals surface area contributed by atoms with Crippen molar-refractivity contribution in [1.82, 2.24) is 9.97 Å². The van der Waals surface area contributed by atoms with E-state index in [0.29, 0.717) is 23.1 Å². The normalized spacial score (nSPS) is 25.0. The average molecular weight is 296 g/mol. The van der Waals surface area contributed by atoms with Gasteiger partial charge < -0.3 is 10.1 Å². The van der Waals surface area contributed by atoms with Crippen molar-refractivity contribution >= 4 is 10.9 Å². The Hall–Kier alpha value is -2.20. The third-order valence-corrected chi connectivity index (χ3v) is 4.60. The van der Waals surface area contributed by atoms with Crippen molar-refractivity contribution in [2.75, 3.05) is 0 Å². The summed E-state index contributed by atoms with van der Waals surface area (Å²) in [6.45, 7) is 7.85. The zero-order chi connectivity index (χ0) is 15.9. The molecule has 1 aliphatic carbocycles. The molecule has 1 aromatic carbocycles. The van der Waals surface area contributed by atoms with E-state index in [-0.39, 0.29) is 11.5 Å². The summed E-state index contributed by atoms with van der Waals surface area (Å²) >= 11 is 0. The van der Waals surface area contributed by atoms with Gasteiger partial charge in [0.25, 0.3) is 5.56 Å². The highest BCUT2D eigenvalue weighted by atomic mass is 16.3. The molecule has 0 saturated carbocycles. The van der Waals surface area contributed by atoms with Crippen molar-refractivity contribution in [2.24, 2.45) is 5.92 Å². The number of fused-ring (bicyclic) bond motifs is 1. The molecule has 2 unspecified atom stereocenters. The van der Waals surface area contributed by atoms with Crippen LogP contribution >= 0.6 is 0 Å². The number of H-pyrrole nitrogens is 1. The van der Waals surface area contributed by atoms with E-state index >= 15 is 0 Å². The number of aliphatic hydroxyl groups is 1. The monoisotopic (exact) mass is 296 g/mol. The number of hydrogen-bond donors (Lipinski definition) is 2. The van der Waals surface area contributed by atoms with Crippen LogP contribution in [-0.4, -0.2) is 15.1 Å². The summed E-state index contributed by atoms with van der Waals surface area (Å²) in [6.07, 6.45) is 3.37. The van der Waals surface area contributed by atoms with Gasteiger partial charge in [-0.25, -0.2) is 4.98 Å². The Morgan fingerprint density at radius 2 is 2.18 bits per heavy atom. The molecule has 0 bridgehead atoms. The molecule has 0 fully saturated rings. The van der Waals surface area contributed by atoms with Gasteiger partial charge in [0.05, 0.1) is 10.9 Å². The molecule has 2 N–H and O–H groups in total. The molecule has 1 aromatic heterocycles. The lowest BCUT2D eigenvalue weighted by Crippen LogP contribution is -2.36. The van der Waals surface area contributed by atoms with Crippen LogP contribution < -0.4 is 5.56 Å². The molecule has 0 aliphatic heterocycles. The topological polar surface area (TPSA) is 66.0 Å². The van der Waals surface area contributed by atoms with Crippen LogP contribution in [0, 0.1) is 5.92 Å². The average Bonchev–Trinajstić information content (AvgIpc) is 2.50. The van der Waals surface area contributed by atoms with Gasteiger partial charge in [-0.05, 0) is 50.3 Å². The van der Waals surface area contributed by atoms with E-state index in [1.165, 1.54) is 0 Å². The molecule has 22 heavy (non-hydrogen) atoms. The summed E-state index contributed by atoms with van der Waals surface area (Å²) in [5.41, 5.74) is 0.985. The van der Waals surface area contributed by atoms with Gasteiger partial charge >= 0.3 is 0 Å². The summed E-state index contributed by atoms with van der Waals surface area (Å²) in [6, 6.07) is 7.16. The van der Waals surface area contributed by atoms with Crippen LogP contribution in [0.5, 0.6) is 0 Å². The van der Waals surface area contributed by atoms with E-state index < -0.39 is 5.60 Å². The number of aromatic amines is 1. The van der Waals surface area contributed by atoms with Crippen LogP contribution in [-0.2, 0) is 5.60 Å². The highest BCUT2D eigenvalue weighted by molar-refractivity contribution is 5.77. The van der Waals surface area contributed by atoms with E-state index in [9.17, 15) is 9.90 Å². The first-order valence-electron chi connectivity index (χ1n) is 7.46. The van der Waals surface area contributed by atoms with Crippen molar-refractivity contribution in [3.8, 4) is 0 Å². The van der Waals surface area contributed by atoms with Crippen LogP contribution in [0.15, 0.2) is 52.9 Å². The van der Waals surface area contributed by atoms with Gasteiger partial charge in [0.15, 0.2) is 0 Å². The van der Waals surface area contributed by atoms with Gasteiger partial charge in [-0.3, -0.25) is 4.79 Å². The summed E-state index contributed by atoms with van der Waals surface area (Å²) in [4.78, 5) is 19.5. The standard InChI is InChI=1S/C18H20N2O2/c1-11(2)13-9-8-12(3)18(22,10-13)17-19-15-7-5-4-6-14(15)16(21)20-17/h4-8,13,22H,1,9-10H2,2-3H3,(H,19,20,21). The lowest BCUT2D eigenvalue weighted by molar-refractivity contribution is 0.0376. The lowest BCUT2D eigenvalue weighted by atomic mass is 9.75. The van der Waals surface area contributed by atoms with E-state index in [1.54, 1.807) is 18.2 Å². The van der Waals surface area contributed by atoms with Crippen LogP contribution in [0.3, 0.4) is 0 Å². The summed E-state index contributed by atoms with van der Waals surface area (Å²) < 4.78 is 0. The molecule has 2 atom stereocenters. The molecule has 114 valence electrons. The third kappa shape index (κ3) is 2.29. The van der Waals surface area contributed by atoms with Gasteiger partial charge in [0.2, 0.25) is 0 Å². The fraction of sp³-hybridized carbons (Fsp3) is 0.333. The van der Waals surface area contributed by atoms with Crippen molar-refractivity contribution in [1.29, 1.82) is 0 Å². The molecule has 4 nitrogen and oxygen atoms in total. The maximum absolute atomic E-state index is 12.3. The Kier molecular flexibility index (Phi) is 3.49. The van der Waals surface area contributed by atoms with E-state index in [0.717, 1.165) is 17.6 Å². The molecule has 2 aromatic rings. The largest absolute Gasteiger partial charge is 0.377 e. The number of allylic oxidation sites excluding steroid dienone is 2. The minimum atomic E-state index is -1.24. The van der Waals surface area contributed by atoms with Gasteiger partial charge in [0, 0.05) is 0 Å². The Labute approximate surface area is 129 Å². The molecule has 1 aliphatic rings. The minimum Gasteiger partial charge on any atom is -0.377 e. The zero-order valence-electron chi connectivity index (χ0n) is 12.9. The van der Waals surface area contributed by atoms with Crippen LogP contribution in [0.1, 0.15) is 32.5 Å². The molecule has 0 radical (unpaired) electrons. The van der Waals surface area contributed by atoms with E-state index in [4.69, 9.17) is 0 Å².